The fourth-order valence-corrected chi connectivity index (χ4v) is 2.72. The second kappa shape index (κ2) is 2.72. The minimum atomic E-state index is -0.338. The number of allylic oxidation sites excluding steroid dienone is 1. The molecule has 0 saturated carbocycles. The average molecular weight is 200 g/mol. The Morgan fingerprint density at radius 1 is 1.75 bits per heavy atom. The Bertz CT molecular complexity index is 341. The molecule has 0 spiro atoms. The van der Waals surface area contributed by atoms with Crippen molar-refractivity contribution in [2.75, 3.05) is 0 Å². The predicted molar refractivity (Wildman–Crippen MR) is 54.1 cm³/mol. The number of hydrazine groups is 1. The van der Waals surface area contributed by atoms with Crippen LogP contribution in [0.15, 0.2) is 32.2 Å². The molecule has 2 aliphatic heterocycles. The number of nitrogens with zero attached hydrogens (tertiary/aromatic N) is 3. The lowest BCUT2D eigenvalue weighted by atomic mass is 10.4. The molecule has 1 atom stereocenters. The molecule has 64 valence electrons. The van der Waals surface area contributed by atoms with E-state index < -0.39 is 0 Å². The highest BCUT2D eigenvalue weighted by Gasteiger charge is 2.21. The van der Waals surface area contributed by atoms with Crippen molar-refractivity contribution in [3.63, 3.8) is 0 Å². The number of aliphatic imine (C=N–C) groups is 1. The largest absolute Gasteiger partial charge is 0.282 e. The van der Waals surface area contributed by atoms with E-state index in [1.807, 2.05) is 13.0 Å². The molecule has 0 saturated heterocycles. The van der Waals surface area contributed by atoms with E-state index in [1.54, 1.807) is 0 Å². The van der Waals surface area contributed by atoms with Gasteiger partial charge in [0.2, 0.25) is 0 Å². The summed E-state index contributed by atoms with van der Waals surface area (Å²) in [5.41, 5.74) is 3.93. The van der Waals surface area contributed by atoms with Crippen molar-refractivity contribution in [1.82, 2.24) is 9.95 Å². The van der Waals surface area contributed by atoms with Gasteiger partial charge in [0.05, 0.1) is 0 Å². The first-order valence-corrected chi connectivity index (χ1v) is 4.92. The summed E-state index contributed by atoms with van der Waals surface area (Å²) in [5.74, 6) is 0. The standard InChI is InChI=1S/C6H8N4S2/c1-4-3-6-8-10(11)9-12(6)5(2)7-4/h3,8,11H,2H2,1H3. The number of hydrogen-bond donors (Lipinski definition) is 2. The van der Waals surface area contributed by atoms with Crippen molar-refractivity contribution in [3.8, 4) is 0 Å². The van der Waals surface area contributed by atoms with Crippen LogP contribution in [0.5, 0.6) is 0 Å². The lowest BCUT2D eigenvalue weighted by Crippen LogP contribution is -2.20. The lowest BCUT2D eigenvalue weighted by molar-refractivity contribution is 0.459. The molecule has 4 nitrogen and oxygen atoms in total. The van der Waals surface area contributed by atoms with Gasteiger partial charge in [-0.3, -0.25) is 5.43 Å². The van der Waals surface area contributed by atoms with E-state index in [2.05, 4.69) is 34.3 Å². The summed E-state index contributed by atoms with van der Waals surface area (Å²) >= 11 is 4.05. The predicted octanol–water partition coefficient (Wildman–Crippen LogP) is 1.16. The second-order valence-corrected chi connectivity index (χ2v) is 4.45. The number of hydrogen-bond acceptors (Lipinski definition) is 5. The van der Waals surface area contributed by atoms with Crippen molar-refractivity contribution in [3.05, 3.63) is 22.7 Å². The maximum absolute atomic E-state index is 4.22. The van der Waals surface area contributed by atoms with Gasteiger partial charge in [0, 0.05) is 16.4 Å². The maximum atomic E-state index is 4.22. The van der Waals surface area contributed by atoms with E-state index in [4.69, 9.17) is 0 Å². The fourth-order valence-electron chi connectivity index (χ4n) is 1.01. The highest BCUT2D eigenvalue weighted by molar-refractivity contribution is 7.95. The van der Waals surface area contributed by atoms with Crippen LogP contribution in [0, 0.1) is 0 Å². The number of nitrogens with one attached hydrogen (secondary N) is 1. The van der Waals surface area contributed by atoms with Gasteiger partial charge in [-0.25, -0.2) is 4.99 Å². The molecule has 2 aliphatic rings. The summed E-state index contributed by atoms with van der Waals surface area (Å²) in [6.45, 7) is 5.76. The summed E-state index contributed by atoms with van der Waals surface area (Å²) in [5, 5.41) is 1.80. The molecule has 12 heavy (non-hydrogen) atoms. The third-order valence-corrected chi connectivity index (χ3v) is 3.24. The molecule has 0 aromatic rings. The second-order valence-electron chi connectivity index (χ2n) is 2.42. The van der Waals surface area contributed by atoms with Crippen molar-refractivity contribution in [2.45, 2.75) is 6.92 Å². The average Bonchev–Trinajstić information content (AvgIpc) is 2.29. The van der Waals surface area contributed by atoms with Gasteiger partial charge >= 0.3 is 0 Å². The molecule has 6 heteroatoms. The zero-order valence-electron chi connectivity index (χ0n) is 6.48. The van der Waals surface area contributed by atoms with E-state index >= 15 is 0 Å². The molecule has 0 aromatic carbocycles. The third kappa shape index (κ3) is 1.21. The SMILES string of the molecule is C=C1N=C(C)C=C2NN(S)N=S12. The van der Waals surface area contributed by atoms with Crippen LogP contribution < -0.4 is 5.43 Å². The summed E-state index contributed by atoms with van der Waals surface area (Å²) in [6.07, 6.45) is 1.96. The molecule has 0 aliphatic carbocycles. The highest BCUT2D eigenvalue weighted by Crippen LogP contribution is 2.24. The van der Waals surface area contributed by atoms with Gasteiger partial charge in [-0.1, -0.05) is 6.58 Å². The van der Waals surface area contributed by atoms with Gasteiger partial charge in [-0.15, -0.1) is 4.47 Å². The Hall–Kier alpha value is -0.590. The fraction of sp³-hybridized carbons (Fsp3) is 0.167. The minimum absolute atomic E-state index is 0.338. The Labute approximate surface area is 78.6 Å². The van der Waals surface area contributed by atoms with E-state index in [1.165, 1.54) is 4.52 Å². The van der Waals surface area contributed by atoms with E-state index in [-0.39, 0.29) is 10.7 Å². The van der Waals surface area contributed by atoms with Crippen LogP contribution in [0.25, 0.3) is 0 Å². The Morgan fingerprint density at radius 2 is 2.50 bits per heavy atom. The topological polar surface area (TPSA) is 40.0 Å². The van der Waals surface area contributed by atoms with Gasteiger partial charge in [-0.05, 0) is 30.3 Å². The molecule has 2 heterocycles. The van der Waals surface area contributed by atoms with Gasteiger partial charge in [0.25, 0.3) is 0 Å². The van der Waals surface area contributed by atoms with Crippen molar-refractivity contribution >= 4 is 29.2 Å². The Morgan fingerprint density at radius 3 is 3.25 bits per heavy atom. The van der Waals surface area contributed by atoms with Gasteiger partial charge in [0.1, 0.15) is 10.1 Å². The van der Waals surface area contributed by atoms with Crippen LogP contribution in [0.3, 0.4) is 0 Å². The van der Waals surface area contributed by atoms with Crippen molar-refractivity contribution < 1.29 is 0 Å². The summed E-state index contributed by atoms with van der Waals surface area (Å²) < 4.78 is 5.56. The van der Waals surface area contributed by atoms with Crippen LogP contribution in [-0.2, 0) is 10.7 Å². The van der Waals surface area contributed by atoms with E-state index in [0.717, 1.165) is 15.8 Å². The summed E-state index contributed by atoms with van der Waals surface area (Å²) in [6, 6.07) is 0. The summed E-state index contributed by atoms with van der Waals surface area (Å²) in [4.78, 5) is 4.22. The molecular formula is C6H8N4S2. The Kier molecular flexibility index (Phi) is 1.82. The number of fused-ring (bicyclic) bond motifs is 1. The number of rotatable bonds is 0. The number of thiol groups is 1. The third-order valence-electron chi connectivity index (χ3n) is 1.44. The molecule has 0 bridgehead atoms. The first-order valence-electron chi connectivity index (χ1n) is 3.34. The quantitative estimate of drug-likeness (QED) is 0.576. The molecule has 0 amide bonds. The smallest absolute Gasteiger partial charge is 0.108 e. The van der Waals surface area contributed by atoms with E-state index in [9.17, 15) is 0 Å². The van der Waals surface area contributed by atoms with Crippen LogP contribution in [0.1, 0.15) is 6.92 Å². The van der Waals surface area contributed by atoms with Crippen LogP contribution in [0.2, 0.25) is 0 Å². The van der Waals surface area contributed by atoms with Crippen molar-refractivity contribution in [1.29, 1.82) is 0 Å². The molecule has 1 N–H and O–H groups in total. The lowest BCUT2D eigenvalue weighted by Gasteiger charge is -2.09. The van der Waals surface area contributed by atoms with Gasteiger partial charge in [-0.2, -0.15) is 0 Å². The zero-order valence-corrected chi connectivity index (χ0v) is 8.19. The van der Waals surface area contributed by atoms with Crippen LogP contribution >= 0.6 is 12.8 Å². The molecule has 0 aromatic heterocycles. The molecular weight excluding hydrogens is 192 g/mol. The molecule has 2 rings (SSSR count). The monoisotopic (exact) mass is 200 g/mol. The van der Waals surface area contributed by atoms with Crippen molar-refractivity contribution in [2.24, 2.45) is 9.46 Å². The maximum Gasteiger partial charge on any atom is 0.108 e. The van der Waals surface area contributed by atoms with Gasteiger partial charge < -0.3 is 0 Å². The first-order chi connectivity index (χ1) is 5.66. The highest BCUT2D eigenvalue weighted by atomic mass is 32.2. The Balaban J connectivity index is 2.45. The normalized spacial score (nSPS) is 28.5. The first kappa shape index (κ1) is 8.03. The van der Waals surface area contributed by atoms with Crippen LogP contribution in [-0.4, -0.2) is 10.2 Å². The molecule has 1 unspecified atom stereocenters. The summed E-state index contributed by atoms with van der Waals surface area (Å²) in [7, 11) is -0.338. The van der Waals surface area contributed by atoms with Gasteiger partial charge in [0.15, 0.2) is 0 Å². The van der Waals surface area contributed by atoms with E-state index in [0.29, 0.717) is 0 Å². The molecule has 0 radical (unpaired) electrons. The zero-order chi connectivity index (χ0) is 8.72. The van der Waals surface area contributed by atoms with Crippen LogP contribution in [0.4, 0.5) is 0 Å². The minimum Gasteiger partial charge on any atom is -0.282 e. The molecule has 0 fully saturated rings.